The summed E-state index contributed by atoms with van der Waals surface area (Å²) >= 11 is 0. The van der Waals surface area contributed by atoms with Crippen LogP contribution in [0.4, 0.5) is 0 Å². The maximum atomic E-state index is 12.4. The Morgan fingerprint density at radius 1 is 1.14 bits per heavy atom. The van der Waals surface area contributed by atoms with Crippen molar-refractivity contribution in [3.8, 4) is 0 Å². The second-order valence-electron chi connectivity index (χ2n) is 5.71. The molecule has 7 heteroatoms. The van der Waals surface area contributed by atoms with Gasteiger partial charge in [0.1, 0.15) is 6.04 Å². The zero-order chi connectivity index (χ0) is 15.2. The summed E-state index contributed by atoms with van der Waals surface area (Å²) < 4.78 is 0. The number of hydrogen-bond donors (Lipinski definition) is 2. The molecule has 118 valence electrons. The minimum absolute atomic E-state index is 0.00435. The number of hydrogen-bond acceptors (Lipinski definition) is 4. The van der Waals surface area contributed by atoms with Crippen molar-refractivity contribution < 1.29 is 19.5 Å². The molecule has 0 aliphatic carbocycles. The molecule has 2 amide bonds. The number of piperazine rings is 1. The number of carbonyl (C=O) groups is 3. The Balaban J connectivity index is 1.94. The lowest BCUT2D eigenvalue weighted by Crippen LogP contribution is -2.59. The van der Waals surface area contributed by atoms with Crippen LogP contribution in [-0.4, -0.2) is 71.5 Å². The predicted octanol–water partition coefficient (Wildman–Crippen LogP) is -0.336. The largest absolute Gasteiger partial charge is 0.480 e. The number of carboxylic acid groups (broad SMARTS) is 1. The van der Waals surface area contributed by atoms with Gasteiger partial charge in [0, 0.05) is 19.6 Å². The molecule has 0 saturated carbocycles. The topological polar surface area (TPSA) is 90.0 Å². The zero-order valence-electron chi connectivity index (χ0n) is 12.2. The number of carbonyl (C=O) groups excluding carboxylic acids is 2. The quantitative estimate of drug-likeness (QED) is 0.744. The Bertz CT molecular complexity index is 405. The summed E-state index contributed by atoms with van der Waals surface area (Å²) in [6.07, 6.45) is 5.47. The van der Waals surface area contributed by atoms with Crippen molar-refractivity contribution in [2.24, 2.45) is 0 Å². The molecule has 2 aliphatic heterocycles. The Morgan fingerprint density at radius 2 is 1.76 bits per heavy atom. The molecule has 0 aromatic carbocycles. The lowest BCUT2D eigenvalue weighted by molar-refractivity contribution is -0.147. The number of aliphatic carboxylic acids is 1. The van der Waals surface area contributed by atoms with E-state index in [1.165, 1.54) is 11.3 Å². The molecule has 2 fully saturated rings. The number of nitrogens with zero attached hydrogens (tertiary/aromatic N) is 2. The highest BCUT2D eigenvalue weighted by molar-refractivity contribution is 5.85. The van der Waals surface area contributed by atoms with Crippen LogP contribution < -0.4 is 5.32 Å². The number of amides is 2. The molecule has 7 nitrogen and oxygen atoms in total. The van der Waals surface area contributed by atoms with Gasteiger partial charge in [0.25, 0.3) is 0 Å². The van der Waals surface area contributed by atoms with Crippen molar-refractivity contribution >= 4 is 17.8 Å². The van der Waals surface area contributed by atoms with Crippen LogP contribution in [0.5, 0.6) is 0 Å². The number of likely N-dealkylation sites (tertiary alicyclic amines) is 1. The van der Waals surface area contributed by atoms with Crippen molar-refractivity contribution in [3.63, 3.8) is 0 Å². The minimum Gasteiger partial charge on any atom is -0.480 e. The first kappa shape index (κ1) is 15.8. The molecule has 2 heterocycles. The predicted molar refractivity (Wildman–Crippen MR) is 75.7 cm³/mol. The molecule has 0 aromatic heterocycles. The average Bonchev–Trinajstić information content (AvgIpc) is 2.37. The highest BCUT2D eigenvalue weighted by Gasteiger charge is 2.33. The van der Waals surface area contributed by atoms with E-state index in [2.05, 4.69) is 5.32 Å². The van der Waals surface area contributed by atoms with Crippen LogP contribution in [0.2, 0.25) is 0 Å². The van der Waals surface area contributed by atoms with Crippen molar-refractivity contribution in [1.82, 2.24) is 15.1 Å². The Morgan fingerprint density at radius 3 is 2.38 bits per heavy atom. The monoisotopic (exact) mass is 297 g/mol. The van der Waals surface area contributed by atoms with Gasteiger partial charge in [-0.25, -0.2) is 0 Å². The molecule has 2 rings (SSSR count). The van der Waals surface area contributed by atoms with Crippen molar-refractivity contribution in [2.45, 2.75) is 38.1 Å². The van der Waals surface area contributed by atoms with Gasteiger partial charge in [-0.2, -0.15) is 0 Å². The summed E-state index contributed by atoms with van der Waals surface area (Å²) in [6, 6.07) is -0.818. The van der Waals surface area contributed by atoms with Gasteiger partial charge in [0.15, 0.2) is 0 Å². The van der Waals surface area contributed by atoms with Crippen LogP contribution in [0.25, 0.3) is 0 Å². The van der Waals surface area contributed by atoms with Crippen molar-refractivity contribution in [2.75, 3.05) is 32.7 Å². The first-order chi connectivity index (χ1) is 10.1. The molecular weight excluding hydrogens is 274 g/mol. The van der Waals surface area contributed by atoms with E-state index in [4.69, 9.17) is 0 Å². The first-order valence-corrected chi connectivity index (χ1v) is 7.59. The number of carboxylic acids is 1. The first-order valence-electron chi connectivity index (χ1n) is 7.59. The van der Waals surface area contributed by atoms with Gasteiger partial charge in [-0.15, -0.1) is 0 Å². The minimum atomic E-state index is -1.00. The molecule has 1 atom stereocenters. The highest BCUT2D eigenvalue weighted by atomic mass is 16.4. The Kier molecular flexibility index (Phi) is 5.55. The third kappa shape index (κ3) is 4.42. The molecule has 21 heavy (non-hydrogen) atoms. The Hall–Kier alpha value is -1.63. The van der Waals surface area contributed by atoms with Gasteiger partial charge in [-0.3, -0.25) is 19.3 Å². The van der Waals surface area contributed by atoms with E-state index in [1.807, 2.05) is 4.90 Å². The van der Waals surface area contributed by atoms with Crippen LogP contribution in [0, 0.1) is 0 Å². The number of nitrogens with one attached hydrogen (secondary N) is 1. The van der Waals surface area contributed by atoms with Gasteiger partial charge in [0.2, 0.25) is 11.8 Å². The lowest BCUT2D eigenvalue weighted by Gasteiger charge is -2.34. The maximum Gasteiger partial charge on any atom is 0.322 e. The molecule has 0 aromatic rings. The van der Waals surface area contributed by atoms with E-state index < -0.39 is 12.0 Å². The maximum absolute atomic E-state index is 12.4. The van der Waals surface area contributed by atoms with E-state index in [0.29, 0.717) is 0 Å². The zero-order valence-corrected chi connectivity index (χ0v) is 12.2. The van der Waals surface area contributed by atoms with Crippen LogP contribution in [0.15, 0.2) is 0 Å². The Labute approximate surface area is 124 Å². The molecule has 0 spiro atoms. The van der Waals surface area contributed by atoms with Gasteiger partial charge in [-0.1, -0.05) is 19.3 Å². The molecule has 0 radical (unpaired) electrons. The SMILES string of the molecule is O=C1CN(CC(=O)N2CCCCCCC2)C(C(=O)O)CN1. The summed E-state index contributed by atoms with van der Waals surface area (Å²) in [7, 11) is 0. The van der Waals surface area contributed by atoms with E-state index >= 15 is 0 Å². The van der Waals surface area contributed by atoms with Crippen LogP contribution >= 0.6 is 0 Å². The van der Waals surface area contributed by atoms with E-state index in [9.17, 15) is 19.5 Å². The fourth-order valence-corrected chi connectivity index (χ4v) is 2.87. The number of rotatable bonds is 3. The summed E-state index contributed by atoms with van der Waals surface area (Å²) in [5.41, 5.74) is 0. The normalized spacial score (nSPS) is 24.9. The van der Waals surface area contributed by atoms with E-state index in [0.717, 1.165) is 38.8 Å². The summed E-state index contributed by atoms with van der Waals surface area (Å²) in [6.45, 7) is 1.50. The average molecular weight is 297 g/mol. The molecule has 2 saturated heterocycles. The van der Waals surface area contributed by atoms with Gasteiger partial charge >= 0.3 is 5.97 Å². The fourth-order valence-electron chi connectivity index (χ4n) is 2.87. The smallest absolute Gasteiger partial charge is 0.322 e. The lowest BCUT2D eigenvalue weighted by atomic mass is 10.1. The summed E-state index contributed by atoms with van der Waals surface area (Å²) in [5.74, 6) is -1.30. The highest BCUT2D eigenvalue weighted by Crippen LogP contribution is 2.12. The molecule has 1 unspecified atom stereocenters. The third-order valence-corrected chi connectivity index (χ3v) is 4.11. The summed E-state index contributed by atoms with van der Waals surface area (Å²) in [5, 5.41) is 11.7. The third-order valence-electron chi connectivity index (χ3n) is 4.11. The van der Waals surface area contributed by atoms with Crippen LogP contribution in [-0.2, 0) is 14.4 Å². The second-order valence-corrected chi connectivity index (χ2v) is 5.71. The van der Waals surface area contributed by atoms with Gasteiger partial charge in [-0.05, 0) is 12.8 Å². The molecule has 2 aliphatic rings. The second kappa shape index (κ2) is 7.40. The van der Waals surface area contributed by atoms with Crippen molar-refractivity contribution in [3.05, 3.63) is 0 Å². The van der Waals surface area contributed by atoms with E-state index in [1.54, 1.807) is 0 Å². The fraction of sp³-hybridized carbons (Fsp3) is 0.786. The molecule has 2 N–H and O–H groups in total. The van der Waals surface area contributed by atoms with Gasteiger partial charge in [0.05, 0.1) is 13.1 Å². The standard InChI is InChI=1S/C14H23N3O4/c18-12-9-17(11(8-15-12)14(20)21)10-13(19)16-6-4-2-1-3-5-7-16/h11H,1-10H2,(H,15,18)(H,20,21). The summed E-state index contributed by atoms with van der Waals surface area (Å²) in [4.78, 5) is 38.3. The molecular formula is C14H23N3O4. The van der Waals surface area contributed by atoms with Crippen molar-refractivity contribution in [1.29, 1.82) is 0 Å². The van der Waals surface area contributed by atoms with Crippen LogP contribution in [0.3, 0.4) is 0 Å². The van der Waals surface area contributed by atoms with Gasteiger partial charge < -0.3 is 15.3 Å². The van der Waals surface area contributed by atoms with E-state index in [-0.39, 0.29) is 31.4 Å². The van der Waals surface area contributed by atoms with Crippen LogP contribution in [0.1, 0.15) is 32.1 Å². The molecule has 0 bridgehead atoms.